The van der Waals surface area contributed by atoms with Gasteiger partial charge in [-0.2, -0.15) is 0 Å². The lowest BCUT2D eigenvalue weighted by Crippen LogP contribution is -2.43. The molecule has 100 valence electrons. The van der Waals surface area contributed by atoms with Gasteiger partial charge in [0, 0.05) is 17.0 Å². The highest BCUT2D eigenvalue weighted by atomic mass is 32.1. The van der Waals surface area contributed by atoms with E-state index in [-0.39, 0.29) is 18.0 Å². The first-order valence-corrected chi connectivity index (χ1v) is 7.29. The van der Waals surface area contributed by atoms with Crippen molar-refractivity contribution in [2.45, 2.75) is 58.7 Å². The van der Waals surface area contributed by atoms with Crippen molar-refractivity contribution < 1.29 is 4.79 Å². The minimum atomic E-state index is -0.164. The van der Waals surface area contributed by atoms with E-state index in [1.165, 1.54) is 4.88 Å². The van der Waals surface area contributed by atoms with E-state index in [1.54, 1.807) is 11.3 Å². The van der Waals surface area contributed by atoms with Crippen LogP contribution in [0.1, 0.15) is 48.3 Å². The van der Waals surface area contributed by atoms with Crippen LogP contribution < -0.4 is 10.6 Å². The molecule has 0 saturated heterocycles. The first-order chi connectivity index (χ1) is 8.47. The van der Waals surface area contributed by atoms with E-state index >= 15 is 0 Å². The number of nitrogens with one attached hydrogen (secondary N) is 2. The normalized spacial score (nSPS) is 18.4. The largest absolute Gasteiger partial charge is 0.352 e. The monoisotopic (exact) mass is 267 g/mol. The summed E-state index contributed by atoms with van der Waals surface area (Å²) < 4.78 is 0. The number of hydrogen-bond acceptors (Lipinski definition) is 4. The Balaban J connectivity index is 1.91. The van der Waals surface area contributed by atoms with Gasteiger partial charge in [-0.3, -0.25) is 10.1 Å². The number of amides is 1. The fourth-order valence-corrected chi connectivity index (χ4v) is 2.97. The van der Waals surface area contributed by atoms with Gasteiger partial charge in [-0.05, 0) is 40.5 Å². The molecular weight excluding hydrogens is 246 g/mol. The van der Waals surface area contributed by atoms with E-state index in [4.69, 9.17) is 0 Å². The molecule has 0 aromatic carbocycles. The lowest BCUT2D eigenvalue weighted by Gasteiger charge is -2.19. The summed E-state index contributed by atoms with van der Waals surface area (Å²) in [5.41, 5.74) is 1.06. The fourth-order valence-electron chi connectivity index (χ4n) is 2.03. The SMILES string of the molecule is Cc1nc(C)c(C(C)NC(C)C(=O)NC2CC2)s1. The summed E-state index contributed by atoms with van der Waals surface area (Å²) in [6.45, 7) is 8.03. The smallest absolute Gasteiger partial charge is 0.237 e. The maximum Gasteiger partial charge on any atom is 0.237 e. The van der Waals surface area contributed by atoms with Crippen molar-refractivity contribution in [3.05, 3.63) is 15.6 Å². The molecule has 2 atom stereocenters. The minimum Gasteiger partial charge on any atom is -0.352 e. The van der Waals surface area contributed by atoms with Crippen LogP contribution in [0, 0.1) is 13.8 Å². The Bertz CT molecular complexity index is 439. The third kappa shape index (κ3) is 3.29. The molecule has 18 heavy (non-hydrogen) atoms. The van der Waals surface area contributed by atoms with Crippen LogP contribution >= 0.6 is 11.3 Å². The molecule has 0 aliphatic heterocycles. The molecule has 4 nitrogen and oxygen atoms in total. The highest BCUT2D eigenvalue weighted by Crippen LogP contribution is 2.25. The maximum absolute atomic E-state index is 11.9. The predicted molar refractivity (Wildman–Crippen MR) is 73.8 cm³/mol. The molecule has 1 amide bonds. The number of carbonyl (C=O) groups excluding carboxylic acids is 1. The van der Waals surface area contributed by atoms with Crippen LogP contribution in [0.3, 0.4) is 0 Å². The van der Waals surface area contributed by atoms with Gasteiger partial charge < -0.3 is 5.32 Å². The van der Waals surface area contributed by atoms with Crippen LogP contribution in [0.15, 0.2) is 0 Å². The second-order valence-electron chi connectivity index (χ2n) is 5.08. The van der Waals surface area contributed by atoms with Crippen molar-refractivity contribution >= 4 is 17.2 Å². The lowest BCUT2D eigenvalue weighted by molar-refractivity contribution is -0.123. The molecule has 2 rings (SSSR count). The van der Waals surface area contributed by atoms with Gasteiger partial charge >= 0.3 is 0 Å². The van der Waals surface area contributed by atoms with Gasteiger partial charge in [0.05, 0.1) is 16.7 Å². The van der Waals surface area contributed by atoms with Gasteiger partial charge in [0.1, 0.15) is 0 Å². The molecule has 1 aromatic heterocycles. The molecule has 1 aromatic rings. The Hall–Kier alpha value is -0.940. The molecule has 1 aliphatic rings. The van der Waals surface area contributed by atoms with Crippen molar-refractivity contribution in [2.75, 3.05) is 0 Å². The standard InChI is InChI=1S/C13H21N3OS/c1-7(12-8(2)15-10(4)18-12)14-9(3)13(17)16-11-5-6-11/h7,9,11,14H,5-6H2,1-4H3,(H,16,17). The molecule has 2 N–H and O–H groups in total. The van der Waals surface area contributed by atoms with E-state index < -0.39 is 0 Å². The average Bonchev–Trinajstić information content (AvgIpc) is 3.02. The second-order valence-corrected chi connectivity index (χ2v) is 6.31. The lowest BCUT2D eigenvalue weighted by atomic mass is 10.2. The topological polar surface area (TPSA) is 54.0 Å². The zero-order chi connectivity index (χ0) is 13.3. The molecule has 5 heteroatoms. The minimum absolute atomic E-state index is 0.100. The molecular formula is C13H21N3OS. The van der Waals surface area contributed by atoms with Gasteiger partial charge in [0.2, 0.25) is 5.91 Å². The highest BCUT2D eigenvalue weighted by Gasteiger charge is 2.26. The second kappa shape index (κ2) is 5.36. The molecule has 0 bridgehead atoms. The fraction of sp³-hybridized carbons (Fsp3) is 0.692. The van der Waals surface area contributed by atoms with E-state index in [0.29, 0.717) is 6.04 Å². The van der Waals surface area contributed by atoms with Gasteiger partial charge in [-0.15, -0.1) is 11.3 Å². The van der Waals surface area contributed by atoms with Crippen LogP contribution in [0.4, 0.5) is 0 Å². The van der Waals surface area contributed by atoms with Gasteiger partial charge in [-0.25, -0.2) is 4.98 Å². The van der Waals surface area contributed by atoms with Crippen molar-refractivity contribution in [3.8, 4) is 0 Å². The molecule has 2 unspecified atom stereocenters. The van der Waals surface area contributed by atoms with E-state index in [1.807, 2.05) is 20.8 Å². The first kappa shape index (κ1) is 13.5. The summed E-state index contributed by atoms with van der Waals surface area (Å²) in [5, 5.41) is 7.43. The van der Waals surface area contributed by atoms with Crippen molar-refractivity contribution in [1.29, 1.82) is 0 Å². The number of rotatable bonds is 5. The number of hydrogen-bond donors (Lipinski definition) is 2. The third-order valence-corrected chi connectivity index (χ3v) is 4.41. The first-order valence-electron chi connectivity index (χ1n) is 6.47. The van der Waals surface area contributed by atoms with E-state index in [2.05, 4.69) is 22.5 Å². The van der Waals surface area contributed by atoms with Gasteiger partial charge in [-0.1, -0.05) is 0 Å². The molecule has 1 aliphatic carbocycles. The zero-order valence-corrected chi connectivity index (χ0v) is 12.2. The summed E-state index contributed by atoms with van der Waals surface area (Å²) >= 11 is 1.70. The summed E-state index contributed by atoms with van der Waals surface area (Å²) in [4.78, 5) is 17.5. The van der Waals surface area contributed by atoms with Gasteiger partial charge in [0.15, 0.2) is 0 Å². The van der Waals surface area contributed by atoms with Crippen molar-refractivity contribution in [3.63, 3.8) is 0 Å². The highest BCUT2D eigenvalue weighted by molar-refractivity contribution is 7.11. The van der Waals surface area contributed by atoms with E-state index in [0.717, 1.165) is 23.5 Å². The Morgan fingerprint density at radius 1 is 1.39 bits per heavy atom. The van der Waals surface area contributed by atoms with Crippen LogP contribution in [0.25, 0.3) is 0 Å². The van der Waals surface area contributed by atoms with E-state index in [9.17, 15) is 4.79 Å². The summed E-state index contributed by atoms with van der Waals surface area (Å²) in [7, 11) is 0. The Kier molecular flexibility index (Phi) is 4.02. The van der Waals surface area contributed by atoms with Crippen molar-refractivity contribution in [1.82, 2.24) is 15.6 Å². The summed E-state index contributed by atoms with van der Waals surface area (Å²) in [6, 6.07) is 0.419. The molecule has 0 radical (unpaired) electrons. The number of carbonyl (C=O) groups is 1. The third-order valence-electron chi connectivity index (χ3n) is 3.15. The summed E-state index contributed by atoms with van der Waals surface area (Å²) in [5.74, 6) is 0.100. The molecule has 1 saturated carbocycles. The van der Waals surface area contributed by atoms with Gasteiger partial charge in [0.25, 0.3) is 0 Å². The predicted octanol–water partition coefficient (Wildman–Crippen LogP) is 2.08. The number of aryl methyl sites for hydroxylation is 2. The quantitative estimate of drug-likeness (QED) is 0.859. The average molecular weight is 267 g/mol. The van der Waals surface area contributed by atoms with Crippen LogP contribution in [-0.4, -0.2) is 23.0 Å². The summed E-state index contributed by atoms with van der Waals surface area (Å²) in [6.07, 6.45) is 2.25. The van der Waals surface area contributed by atoms with Crippen LogP contribution in [-0.2, 0) is 4.79 Å². The number of nitrogens with zero attached hydrogens (tertiary/aromatic N) is 1. The van der Waals surface area contributed by atoms with Crippen LogP contribution in [0.5, 0.6) is 0 Å². The van der Waals surface area contributed by atoms with Crippen LogP contribution in [0.2, 0.25) is 0 Å². The number of thiazole rings is 1. The zero-order valence-electron chi connectivity index (χ0n) is 11.4. The van der Waals surface area contributed by atoms with Crippen molar-refractivity contribution in [2.24, 2.45) is 0 Å². The molecule has 0 spiro atoms. The Morgan fingerprint density at radius 3 is 2.56 bits per heavy atom. The Morgan fingerprint density at radius 2 is 2.06 bits per heavy atom. The molecule has 1 heterocycles. The maximum atomic E-state index is 11.9. The molecule has 1 fully saturated rings. The Labute approximate surface area is 112 Å². The number of aromatic nitrogens is 1.